The smallest absolute Gasteiger partial charge is 0.414 e. The predicted octanol–water partition coefficient (Wildman–Crippen LogP) is -0.609. The van der Waals surface area contributed by atoms with Gasteiger partial charge in [-0.1, -0.05) is 0 Å². The molecule has 3 N–H and O–H groups in total. The zero-order chi connectivity index (χ0) is 15.4. The Morgan fingerprint density at radius 3 is 2.10 bits per heavy atom. The topological polar surface area (TPSA) is 116 Å². The normalized spacial score (nSPS) is 14.2. The van der Waals surface area contributed by atoms with Gasteiger partial charge >= 0.3 is 11.9 Å². The van der Waals surface area contributed by atoms with Crippen molar-refractivity contribution < 1.29 is 29.3 Å². The number of likely N-dealkylation sites (tertiary alicyclic amines) is 1. The van der Waals surface area contributed by atoms with Gasteiger partial charge in [-0.2, -0.15) is 0 Å². The first-order valence-corrected chi connectivity index (χ1v) is 6.42. The van der Waals surface area contributed by atoms with E-state index in [2.05, 4.69) is 5.32 Å². The number of nitrogens with one attached hydrogen (secondary N) is 1. The zero-order valence-corrected chi connectivity index (χ0v) is 11.6. The minimum absolute atomic E-state index is 0.223. The maximum atomic E-state index is 11.6. The van der Waals surface area contributed by atoms with Crippen LogP contribution in [0.5, 0.6) is 0 Å². The number of carboxylic acids is 2. The highest BCUT2D eigenvalue weighted by molar-refractivity contribution is 6.27. The van der Waals surface area contributed by atoms with E-state index in [9.17, 15) is 4.79 Å². The molecule has 8 heteroatoms. The summed E-state index contributed by atoms with van der Waals surface area (Å²) in [5, 5.41) is 17.8. The van der Waals surface area contributed by atoms with Gasteiger partial charge in [0.15, 0.2) is 0 Å². The number of carboxylic acid groups (broad SMARTS) is 2. The Labute approximate surface area is 117 Å². The van der Waals surface area contributed by atoms with Crippen molar-refractivity contribution in [3.05, 3.63) is 0 Å². The first-order valence-electron chi connectivity index (χ1n) is 6.42. The Morgan fingerprint density at radius 1 is 1.10 bits per heavy atom. The van der Waals surface area contributed by atoms with Gasteiger partial charge in [0.25, 0.3) is 0 Å². The molecule has 0 aromatic heterocycles. The Hall–Kier alpha value is -1.67. The fourth-order valence-electron chi connectivity index (χ4n) is 1.62. The lowest BCUT2D eigenvalue weighted by atomic mass is 10.1. The number of hydrogen-bond donors (Lipinski definition) is 3. The summed E-state index contributed by atoms with van der Waals surface area (Å²) < 4.78 is 4.88. The van der Waals surface area contributed by atoms with Crippen molar-refractivity contribution in [2.24, 2.45) is 0 Å². The fraction of sp³-hybridized carbons (Fsp3) is 0.750. The Morgan fingerprint density at radius 2 is 1.65 bits per heavy atom. The molecule has 0 unspecified atom stereocenters. The van der Waals surface area contributed by atoms with Gasteiger partial charge in [-0.25, -0.2) is 9.59 Å². The van der Waals surface area contributed by atoms with Crippen molar-refractivity contribution in [2.45, 2.75) is 19.3 Å². The number of amides is 1. The lowest BCUT2D eigenvalue weighted by molar-refractivity contribution is -0.159. The number of aliphatic carboxylic acids is 2. The first-order chi connectivity index (χ1) is 9.49. The van der Waals surface area contributed by atoms with E-state index < -0.39 is 11.9 Å². The fourth-order valence-corrected chi connectivity index (χ4v) is 1.62. The van der Waals surface area contributed by atoms with E-state index in [1.807, 2.05) is 4.90 Å². The van der Waals surface area contributed by atoms with E-state index >= 15 is 0 Å². The van der Waals surface area contributed by atoms with Gasteiger partial charge in [0, 0.05) is 26.7 Å². The minimum Gasteiger partial charge on any atom is -0.473 e. The molecular formula is C12H22N2O6. The molecular weight excluding hydrogens is 268 g/mol. The van der Waals surface area contributed by atoms with E-state index in [0.29, 0.717) is 13.2 Å². The standard InChI is InChI=1S/C10H20N2O2.C2H2O4/c1-14-8-5-11-9-10(13)12-6-3-2-4-7-12;3-1(4)2(5)6/h11H,2-9H2,1H3;(H,3,4)(H,5,6). The van der Waals surface area contributed by atoms with Crippen LogP contribution in [0.25, 0.3) is 0 Å². The van der Waals surface area contributed by atoms with Crippen LogP contribution in [0, 0.1) is 0 Å². The Bertz CT molecular complexity index is 303. The van der Waals surface area contributed by atoms with Crippen molar-refractivity contribution in [2.75, 3.05) is 39.9 Å². The maximum Gasteiger partial charge on any atom is 0.414 e. The van der Waals surface area contributed by atoms with E-state index in [-0.39, 0.29) is 5.91 Å². The molecule has 1 fully saturated rings. The molecule has 0 spiro atoms. The van der Waals surface area contributed by atoms with Gasteiger partial charge < -0.3 is 25.2 Å². The molecule has 0 aromatic carbocycles. The largest absolute Gasteiger partial charge is 0.473 e. The summed E-state index contributed by atoms with van der Waals surface area (Å²) in [5.74, 6) is -3.43. The summed E-state index contributed by atoms with van der Waals surface area (Å²) in [6, 6.07) is 0. The highest BCUT2D eigenvalue weighted by Crippen LogP contribution is 2.07. The second-order valence-corrected chi connectivity index (χ2v) is 4.22. The van der Waals surface area contributed by atoms with Crippen LogP contribution in [-0.4, -0.2) is 72.9 Å². The first kappa shape index (κ1) is 18.3. The van der Waals surface area contributed by atoms with Crippen molar-refractivity contribution >= 4 is 17.8 Å². The third-order valence-corrected chi connectivity index (χ3v) is 2.65. The van der Waals surface area contributed by atoms with Crippen LogP contribution in [0.3, 0.4) is 0 Å². The van der Waals surface area contributed by atoms with Crippen molar-refractivity contribution in [1.82, 2.24) is 10.2 Å². The second kappa shape index (κ2) is 11.2. The summed E-state index contributed by atoms with van der Waals surface area (Å²) in [6.45, 7) is 3.72. The molecule has 116 valence electrons. The van der Waals surface area contributed by atoms with Gasteiger partial charge in [-0.15, -0.1) is 0 Å². The molecule has 1 amide bonds. The number of ether oxygens (including phenoxy) is 1. The molecule has 0 radical (unpaired) electrons. The lowest BCUT2D eigenvalue weighted by Gasteiger charge is -2.26. The Balaban J connectivity index is 0.000000511. The van der Waals surface area contributed by atoms with E-state index in [4.69, 9.17) is 24.5 Å². The molecule has 0 aromatic rings. The molecule has 1 heterocycles. The molecule has 1 aliphatic rings. The van der Waals surface area contributed by atoms with Crippen molar-refractivity contribution in [1.29, 1.82) is 0 Å². The summed E-state index contributed by atoms with van der Waals surface area (Å²) in [6.07, 6.45) is 3.58. The quantitative estimate of drug-likeness (QED) is 0.457. The monoisotopic (exact) mass is 290 g/mol. The SMILES string of the molecule is COCCNCC(=O)N1CCCCC1.O=C(O)C(=O)O. The predicted molar refractivity (Wildman–Crippen MR) is 70.4 cm³/mol. The van der Waals surface area contributed by atoms with Crippen LogP contribution in [0.4, 0.5) is 0 Å². The molecule has 1 saturated heterocycles. The molecule has 0 saturated carbocycles. The summed E-state index contributed by atoms with van der Waals surface area (Å²) in [4.78, 5) is 31.7. The van der Waals surface area contributed by atoms with Crippen LogP contribution in [0.2, 0.25) is 0 Å². The van der Waals surface area contributed by atoms with Gasteiger partial charge in [0.1, 0.15) is 0 Å². The van der Waals surface area contributed by atoms with Gasteiger partial charge in [0.2, 0.25) is 5.91 Å². The van der Waals surface area contributed by atoms with Crippen LogP contribution < -0.4 is 5.32 Å². The Kier molecular flexibility index (Phi) is 10.2. The minimum atomic E-state index is -1.82. The zero-order valence-electron chi connectivity index (χ0n) is 11.6. The number of rotatable bonds is 5. The summed E-state index contributed by atoms with van der Waals surface area (Å²) in [7, 11) is 1.66. The van der Waals surface area contributed by atoms with Crippen LogP contribution in [0.15, 0.2) is 0 Å². The van der Waals surface area contributed by atoms with Gasteiger partial charge in [-0.3, -0.25) is 4.79 Å². The molecule has 20 heavy (non-hydrogen) atoms. The number of piperidine rings is 1. The van der Waals surface area contributed by atoms with Crippen molar-refractivity contribution in [3.8, 4) is 0 Å². The van der Waals surface area contributed by atoms with Crippen LogP contribution in [0.1, 0.15) is 19.3 Å². The second-order valence-electron chi connectivity index (χ2n) is 4.22. The molecule has 1 rings (SSSR count). The van der Waals surface area contributed by atoms with Gasteiger partial charge in [0.05, 0.1) is 13.2 Å². The number of nitrogens with zero attached hydrogens (tertiary/aromatic N) is 1. The maximum absolute atomic E-state index is 11.6. The summed E-state index contributed by atoms with van der Waals surface area (Å²) >= 11 is 0. The van der Waals surface area contributed by atoms with Crippen LogP contribution in [-0.2, 0) is 19.1 Å². The molecule has 0 atom stereocenters. The van der Waals surface area contributed by atoms with Crippen LogP contribution >= 0.6 is 0 Å². The number of hydrogen-bond acceptors (Lipinski definition) is 5. The van der Waals surface area contributed by atoms with E-state index in [0.717, 1.165) is 32.5 Å². The third-order valence-electron chi connectivity index (χ3n) is 2.65. The third kappa shape index (κ3) is 9.29. The number of methoxy groups -OCH3 is 1. The molecule has 1 aliphatic heterocycles. The molecule has 0 aliphatic carbocycles. The van der Waals surface area contributed by atoms with Crippen molar-refractivity contribution in [3.63, 3.8) is 0 Å². The average molecular weight is 290 g/mol. The molecule has 0 bridgehead atoms. The number of carbonyl (C=O) groups is 3. The van der Waals surface area contributed by atoms with E-state index in [1.54, 1.807) is 7.11 Å². The van der Waals surface area contributed by atoms with E-state index in [1.165, 1.54) is 6.42 Å². The molecule has 8 nitrogen and oxygen atoms in total. The average Bonchev–Trinajstić information content (AvgIpc) is 2.45. The highest BCUT2D eigenvalue weighted by atomic mass is 16.5. The summed E-state index contributed by atoms with van der Waals surface area (Å²) in [5.41, 5.74) is 0. The lowest BCUT2D eigenvalue weighted by Crippen LogP contribution is -2.41. The van der Waals surface area contributed by atoms with Gasteiger partial charge in [-0.05, 0) is 19.3 Å². The number of carbonyl (C=O) groups excluding carboxylic acids is 1. The highest BCUT2D eigenvalue weighted by Gasteiger charge is 2.15.